The molecule has 0 radical (unpaired) electrons. The van der Waals surface area contributed by atoms with Gasteiger partial charge in [0.25, 0.3) is 11.8 Å². The van der Waals surface area contributed by atoms with Gasteiger partial charge in [-0.2, -0.15) is 13.2 Å². The summed E-state index contributed by atoms with van der Waals surface area (Å²) < 4.78 is 82.6. The quantitative estimate of drug-likeness (QED) is 0.232. The van der Waals surface area contributed by atoms with Crippen LogP contribution < -0.4 is 16.0 Å². The number of benzene rings is 3. The summed E-state index contributed by atoms with van der Waals surface area (Å²) in [5, 5.41) is 7.66. The van der Waals surface area contributed by atoms with Gasteiger partial charge in [-0.05, 0) is 60.2 Å². The van der Waals surface area contributed by atoms with E-state index < -0.39 is 65.1 Å². The van der Waals surface area contributed by atoms with Crippen LogP contribution in [-0.2, 0) is 24.1 Å². The van der Waals surface area contributed by atoms with Crippen LogP contribution >= 0.6 is 11.6 Å². The number of amides is 3. The number of rotatable bonds is 6. The van der Waals surface area contributed by atoms with Gasteiger partial charge in [-0.1, -0.05) is 23.7 Å². The molecule has 14 heteroatoms. The third-order valence-electron chi connectivity index (χ3n) is 6.62. The highest BCUT2D eigenvalue weighted by molar-refractivity contribution is 6.31. The van der Waals surface area contributed by atoms with Crippen LogP contribution in [0, 0.1) is 17.5 Å². The van der Waals surface area contributed by atoms with Crippen molar-refractivity contribution in [2.24, 2.45) is 0 Å². The van der Waals surface area contributed by atoms with Crippen LogP contribution in [0.1, 0.15) is 49.3 Å². The van der Waals surface area contributed by atoms with Crippen molar-refractivity contribution in [2.75, 3.05) is 5.32 Å². The van der Waals surface area contributed by atoms with Crippen LogP contribution in [0.25, 0.3) is 0 Å². The molecule has 5 rings (SSSR count). The summed E-state index contributed by atoms with van der Waals surface area (Å²) in [5.74, 6) is -4.98. The van der Waals surface area contributed by atoms with Crippen molar-refractivity contribution in [3.05, 3.63) is 123 Å². The number of hydrogen-bond donors (Lipinski definition) is 3. The molecule has 7 nitrogen and oxygen atoms in total. The number of alkyl halides is 3. The molecule has 1 aromatic heterocycles. The fourth-order valence-electron chi connectivity index (χ4n) is 4.67. The van der Waals surface area contributed by atoms with Crippen molar-refractivity contribution >= 4 is 35.0 Å². The van der Waals surface area contributed by atoms with E-state index in [0.29, 0.717) is 17.7 Å². The van der Waals surface area contributed by atoms with Gasteiger partial charge in [-0.15, -0.1) is 0 Å². The molecular weight excluding hydrogens is 602 g/mol. The van der Waals surface area contributed by atoms with E-state index in [4.69, 9.17) is 11.6 Å². The minimum Gasteiger partial charge on any atom is -0.347 e. The standard InChI is InChI=1S/C29H19ClF6N4O3/c30-21-6-5-18(32)10-20(21)25-26-22(38-27(42)15-7-16(29(34,35)36)9-19(33)8-15)11-23(40(26)13-24(41)39-25)28(43)37-12-14-1-3-17(31)4-2-14/h1-11,25H,12-13H2,(H,37,43)(H,38,42)(H,39,41). The normalized spacial score (nSPS) is 14.6. The summed E-state index contributed by atoms with van der Waals surface area (Å²) in [5.41, 5.74) is -1.69. The lowest BCUT2D eigenvalue weighted by Gasteiger charge is -2.29. The van der Waals surface area contributed by atoms with Crippen LogP contribution in [-0.4, -0.2) is 22.3 Å². The van der Waals surface area contributed by atoms with Gasteiger partial charge < -0.3 is 20.5 Å². The molecule has 3 amide bonds. The molecule has 0 saturated heterocycles. The van der Waals surface area contributed by atoms with Gasteiger partial charge in [0.15, 0.2) is 0 Å². The van der Waals surface area contributed by atoms with Crippen LogP contribution in [0.5, 0.6) is 0 Å². The Morgan fingerprint density at radius 1 is 0.907 bits per heavy atom. The van der Waals surface area contributed by atoms with Crippen LogP contribution in [0.4, 0.5) is 32.0 Å². The molecule has 0 fully saturated rings. The minimum absolute atomic E-state index is 0.0286. The second-order valence-electron chi connectivity index (χ2n) is 9.57. The Kier molecular flexibility index (Phi) is 7.93. The number of carbonyl (C=O) groups is 3. The van der Waals surface area contributed by atoms with Crippen LogP contribution in [0.2, 0.25) is 5.02 Å². The van der Waals surface area contributed by atoms with E-state index in [9.17, 15) is 40.7 Å². The maximum atomic E-state index is 14.2. The minimum atomic E-state index is -4.94. The van der Waals surface area contributed by atoms with E-state index in [0.717, 1.165) is 12.1 Å². The molecule has 1 aliphatic heterocycles. The van der Waals surface area contributed by atoms with Gasteiger partial charge in [-0.25, -0.2) is 13.2 Å². The molecule has 1 atom stereocenters. The zero-order valence-corrected chi connectivity index (χ0v) is 22.4. The summed E-state index contributed by atoms with van der Waals surface area (Å²) in [4.78, 5) is 39.1. The first kappa shape index (κ1) is 29.7. The number of hydrogen-bond acceptors (Lipinski definition) is 3. The average molecular weight is 621 g/mol. The van der Waals surface area contributed by atoms with Crippen molar-refractivity contribution in [3.63, 3.8) is 0 Å². The van der Waals surface area contributed by atoms with Crippen LogP contribution in [0.3, 0.4) is 0 Å². The van der Waals surface area contributed by atoms with Gasteiger partial charge in [0.05, 0.1) is 23.0 Å². The van der Waals surface area contributed by atoms with Crippen molar-refractivity contribution in [2.45, 2.75) is 25.3 Å². The highest BCUT2D eigenvalue weighted by atomic mass is 35.5. The third kappa shape index (κ3) is 6.36. The summed E-state index contributed by atoms with van der Waals surface area (Å²) in [7, 11) is 0. The smallest absolute Gasteiger partial charge is 0.347 e. The lowest BCUT2D eigenvalue weighted by atomic mass is 10.0. The van der Waals surface area contributed by atoms with Gasteiger partial charge in [0.1, 0.15) is 29.7 Å². The topological polar surface area (TPSA) is 92.2 Å². The van der Waals surface area contributed by atoms with Crippen molar-refractivity contribution in [1.82, 2.24) is 15.2 Å². The number of fused-ring (bicyclic) bond motifs is 1. The summed E-state index contributed by atoms with van der Waals surface area (Å²) in [6.07, 6.45) is -4.94. The summed E-state index contributed by atoms with van der Waals surface area (Å²) in [6.45, 7) is -0.470. The zero-order chi connectivity index (χ0) is 31.1. The molecule has 3 N–H and O–H groups in total. The molecule has 0 spiro atoms. The van der Waals surface area contributed by atoms with E-state index in [-0.39, 0.29) is 40.3 Å². The number of anilines is 1. The van der Waals surface area contributed by atoms with Gasteiger partial charge in [0, 0.05) is 22.7 Å². The first-order valence-corrected chi connectivity index (χ1v) is 12.9. The van der Waals surface area contributed by atoms with Crippen LogP contribution in [0.15, 0.2) is 66.7 Å². The Hall–Kier alpha value is -4.78. The van der Waals surface area contributed by atoms with Gasteiger partial charge in [-0.3, -0.25) is 14.4 Å². The van der Waals surface area contributed by atoms with Crippen molar-refractivity contribution in [3.8, 4) is 0 Å². The van der Waals surface area contributed by atoms with Crippen molar-refractivity contribution in [1.29, 1.82) is 0 Å². The number of aromatic nitrogens is 1. The fourth-order valence-corrected chi connectivity index (χ4v) is 4.89. The molecule has 4 aromatic rings. The Morgan fingerprint density at radius 3 is 2.30 bits per heavy atom. The van der Waals surface area contributed by atoms with E-state index >= 15 is 0 Å². The first-order chi connectivity index (χ1) is 20.3. The fraction of sp³-hybridized carbons (Fsp3) is 0.138. The summed E-state index contributed by atoms with van der Waals surface area (Å²) in [6, 6.07) is 9.90. The third-order valence-corrected chi connectivity index (χ3v) is 6.97. The monoisotopic (exact) mass is 620 g/mol. The SMILES string of the molecule is O=C1Cn2c(C(=O)NCc3ccc(F)cc3)cc(NC(=O)c3cc(F)cc(C(F)(F)F)c3)c2C(c2cc(F)ccc2Cl)N1. The van der Waals surface area contributed by atoms with E-state index in [1.807, 2.05) is 0 Å². The molecule has 0 aliphatic carbocycles. The number of nitrogens with zero attached hydrogens (tertiary/aromatic N) is 1. The predicted molar refractivity (Wildman–Crippen MR) is 143 cm³/mol. The molecule has 2 heterocycles. The van der Waals surface area contributed by atoms with E-state index in [1.54, 1.807) is 0 Å². The molecule has 1 aliphatic rings. The second kappa shape index (κ2) is 11.5. The molecule has 1 unspecified atom stereocenters. The summed E-state index contributed by atoms with van der Waals surface area (Å²) >= 11 is 6.30. The lowest BCUT2D eigenvalue weighted by molar-refractivity contribution is -0.137. The lowest BCUT2D eigenvalue weighted by Crippen LogP contribution is -2.41. The maximum Gasteiger partial charge on any atom is 0.416 e. The van der Waals surface area contributed by atoms with E-state index in [2.05, 4.69) is 16.0 Å². The molecular formula is C29H19ClF6N4O3. The first-order valence-electron chi connectivity index (χ1n) is 12.5. The largest absolute Gasteiger partial charge is 0.416 e. The molecule has 222 valence electrons. The van der Waals surface area contributed by atoms with Gasteiger partial charge >= 0.3 is 6.18 Å². The Balaban J connectivity index is 1.57. The molecule has 0 bridgehead atoms. The van der Waals surface area contributed by atoms with Crippen molar-refractivity contribution < 1.29 is 40.7 Å². The number of halogens is 7. The second-order valence-corrected chi connectivity index (χ2v) is 9.98. The number of carbonyl (C=O) groups excluding carboxylic acids is 3. The van der Waals surface area contributed by atoms with E-state index in [1.165, 1.54) is 41.0 Å². The predicted octanol–water partition coefficient (Wildman–Crippen LogP) is 5.98. The Labute approximate surface area is 244 Å². The average Bonchev–Trinajstić information content (AvgIpc) is 3.30. The highest BCUT2D eigenvalue weighted by Crippen LogP contribution is 2.38. The zero-order valence-electron chi connectivity index (χ0n) is 21.7. The highest BCUT2D eigenvalue weighted by Gasteiger charge is 2.35. The molecule has 3 aromatic carbocycles. The Bertz CT molecular complexity index is 1750. The molecule has 0 saturated carbocycles. The maximum absolute atomic E-state index is 14.2. The van der Waals surface area contributed by atoms with Gasteiger partial charge in [0.2, 0.25) is 5.91 Å². The molecule has 43 heavy (non-hydrogen) atoms. The number of nitrogens with one attached hydrogen (secondary N) is 3. The Morgan fingerprint density at radius 2 is 1.60 bits per heavy atom.